The molecule has 4 rings (SSSR count). The van der Waals surface area contributed by atoms with Crippen LogP contribution < -0.4 is 20.9 Å². The van der Waals surface area contributed by atoms with Gasteiger partial charge in [-0.1, -0.05) is 39.3 Å². The SMILES string of the molecule is C[Si](C)(C)CCOCn1cc(CCC=O)nc(N2CCC2)c1=O.C[Si](C)(C)CCOCn1cc(CCCO)nc(N2CCC2)c1=O. The van der Waals surface area contributed by atoms with Crippen molar-refractivity contribution in [3.05, 3.63) is 44.5 Å². The van der Waals surface area contributed by atoms with Crippen LogP contribution in [0.15, 0.2) is 22.0 Å². The zero-order chi connectivity index (χ0) is 33.7. The van der Waals surface area contributed by atoms with Crippen LogP contribution in [0.4, 0.5) is 11.6 Å². The molecular weight excluding hydrogens is 621 g/mol. The molecular formula is C32H56N6O6Si2. The second kappa shape index (κ2) is 18.0. The summed E-state index contributed by atoms with van der Waals surface area (Å²) in [6.07, 6.45) is 8.87. The highest BCUT2D eigenvalue weighted by Gasteiger charge is 2.22. The van der Waals surface area contributed by atoms with Gasteiger partial charge in [-0.25, -0.2) is 9.97 Å². The fourth-order valence-electron chi connectivity index (χ4n) is 4.61. The Labute approximate surface area is 275 Å². The molecule has 2 fully saturated rings. The van der Waals surface area contributed by atoms with Crippen molar-refractivity contribution in [3.63, 3.8) is 0 Å². The third-order valence-electron chi connectivity index (χ3n) is 7.89. The quantitative estimate of drug-likeness (QED) is 0.142. The summed E-state index contributed by atoms with van der Waals surface area (Å²) < 4.78 is 14.6. The van der Waals surface area contributed by atoms with E-state index < -0.39 is 16.1 Å². The molecule has 0 amide bonds. The number of hydrogen-bond acceptors (Lipinski definition) is 10. The zero-order valence-electron chi connectivity index (χ0n) is 28.9. The summed E-state index contributed by atoms with van der Waals surface area (Å²) in [7, 11) is -2.26. The highest BCUT2D eigenvalue weighted by molar-refractivity contribution is 6.76. The molecule has 4 heterocycles. The summed E-state index contributed by atoms with van der Waals surface area (Å²) in [6.45, 7) is 19.4. The van der Waals surface area contributed by atoms with E-state index in [2.05, 4.69) is 49.3 Å². The number of aryl methyl sites for hydroxylation is 2. The predicted molar refractivity (Wildman–Crippen MR) is 189 cm³/mol. The van der Waals surface area contributed by atoms with Gasteiger partial charge in [0.25, 0.3) is 11.1 Å². The monoisotopic (exact) mass is 676 g/mol. The average Bonchev–Trinajstić information content (AvgIpc) is 2.92. The van der Waals surface area contributed by atoms with E-state index in [1.807, 2.05) is 9.80 Å². The van der Waals surface area contributed by atoms with E-state index in [-0.39, 0.29) is 31.2 Å². The standard InChI is InChI=1S/C16H29N3O3Si.C16H27N3O3Si/c2*1-23(2,3)11-10-22-13-19-12-14(6-4-9-20)17-15(16(19)21)18-7-5-8-18/h12,20H,4-11,13H2,1-3H3;9,12H,4-8,10-11,13H2,1-3H3. The molecule has 0 unspecified atom stereocenters. The first kappa shape index (κ1) is 37.8. The zero-order valence-corrected chi connectivity index (χ0v) is 30.9. The summed E-state index contributed by atoms with van der Waals surface area (Å²) in [5.41, 5.74) is 1.43. The number of aromatic nitrogens is 4. The van der Waals surface area contributed by atoms with Crippen molar-refractivity contribution in [2.75, 3.05) is 55.8 Å². The maximum atomic E-state index is 12.6. The van der Waals surface area contributed by atoms with Gasteiger partial charge < -0.3 is 29.2 Å². The molecule has 2 saturated heterocycles. The van der Waals surface area contributed by atoms with Gasteiger partial charge in [0.15, 0.2) is 11.6 Å². The van der Waals surface area contributed by atoms with Crippen molar-refractivity contribution in [2.24, 2.45) is 0 Å². The number of hydrogen-bond donors (Lipinski definition) is 1. The lowest BCUT2D eigenvalue weighted by atomic mass is 10.2. The molecule has 0 spiro atoms. The lowest BCUT2D eigenvalue weighted by Crippen LogP contribution is -2.43. The molecule has 0 saturated carbocycles. The molecule has 0 atom stereocenters. The van der Waals surface area contributed by atoms with E-state index in [0.717, 1.165) is 68.8 Å². The van der Waals surface area contributed by atoms with Crippen molar-refractivity contribution in [2.45, 2.75) is 103 Å². The summed E-state index contributed by atoms with van der Waals surface area (Å²) in [4.78, 5) is 48.6. The third kappa shape index (κ3) is 12.5. The molecule has 2 aliphatic heterocycles. The molecule has 0 aromatic carbocycles. The lowest BCUT2D eigenvalue weighted by molar-refractivity contribution is -0.107. The lowest BCUT2D eigenvalue weighted by Gasteiger charge is -2.31. The Kier molecular flexibility index (Phi) is 14.8. The molecule has 1 N–H and O–H groups in total. The highest BCUT2D eigenvalue weighted by Crippen LogP contribution is 2.16. The smallest absolute Gasteiger partial charge is 0.295 e. The minimum atomic E-state index is -1.13. The van der Waals surface area contributed by atoms with Gasteiger partial charge in [0.2, 0.25) is 0 Å². The second-order valence-electron chi connectivity index (χ2n) is 14.6. The molecule has 14 heteroatoms. The average molecular weight is 677 g/mol. The number of anilines is 2. The van der Waals surface area contributed by atoms with Gasteiger partial charge in [0.05, 0.1) is 11.4 Å². The van der Waals surface area contributed by atoms with Crippen LogP contribution in [-0.2, 0) is 40.6 Å². The van der Waals surface area contributed by atoms with Crippen LogP contribution in [0.25, 0.3) is 0 Å². The topological polar surface area (TPSA) is 132 Å². The number of aliphatic hydroxyl groups is 1. The Bertz CT molecular complexity index is 1360. The van der Waals surface area contributed by atoms with Crippen molar-refractivity contribution >= 4 is 34.1 Å². The summed E-state index contributed by atoms with van der Waals surface area (Å²) in [5, 5.41) is 9.01. The van der Waals surface area contributed by atoms with Crippen molar-refractivity contribution in [1.82, 2.24) is 19.1 Å². The van der Waals surface area contributed by atoms with Crippen LogP contribution in [0.3, 0.4) is 0 Å². The molecule has 0 radical (unpaired) electrons. The van der Waals surface area contributed by atoms with Gasteiger partial charge in [-0.05, 0) is 44.2 Å². The normalized spacial score (nSPS) is 14.8. The van der Waals surface area contributed by atoms with E-state index in [1.165, 1.54) is 0 Å². The maximum Gasteiger partial charge on any atom is 0.295 e. The molecule has 2 aliphatic rings. The minimum Gasteiger partial charge on any atom is -0.396 e. The first-order valence-electron chi connectivity index (χ1n) is 16.7. The summed E-state index contributed by atoms with van der Waals surface area (Å²) in [6, 6.07) is 2.16. The van der Waals surface area contributed by atoms with Crippen molar-refractivity contribution in [1.29, 1.82) is 0 Å². The van der Waals surface area contributed by atoms with Crippen LogP contribution in [-0.4, -0.2) is 92.6 Å². The number of carbonyl (C=O) groups excluding carboxylic acids is 1. The van der Waals surface area contributed by atoms with E-state index in [9.17, 15) is 14.4 Å². The van der Waals surface area contributed by atoms with E-state index in [1.54, 1.807) is 21.5 Å². The number of carbonyl (C=O) groups is 1. The minimum absolute atomic E-state index is 0.0783. The number of aldehydes is 1. The van der Waals surface area contributed by atoms with Crippen LogP contribution in [0.5, 0.6) is 0 Å². The fourth-order valence-corrected chi connectivity index (χ4v) is 6.12. The Morgan fingerprint density at radius 1 is 0.761 bits per heavy atom. The van der Waals surface area contributed by atoms with Gasteiger partial charge in [0, 0.05) is 81.0 Å². The van der Waals surface area contributed by atoms with Crippen molar-refractivity contribution in [3.8, 4) is 0 Å². The van der Waals surface area contributed by atoms with Gasteiger partial charge in [-0.2, -0.15) is 0 Å². The molecule has 2 aromatic heterocycles. The number of ether oxygens (including phenoxy) is 2. The molecule has 258 valence electrons. The largest absolute Gasteiger partial charge is 0.396 e. The van der Waals surface area contributed by atoms with Gasteiger partial charge in [-0.3, -0.25) is 18.7 Å². The maximum absolute atomic E-state index is 12.6. The fraction of sp³-hybridized carbons (Fsp3) is 0.719. The van der Waals surface area contributed by atoms with Crippen LogP contribution in [0.2, 0.25) is 51.4 Å². The number of rotatable bonds is 18. The summed E-state index contributed by atoms with van der Waals surface area (Å²) >= 11 is 0. The van der Waals surface area contributed by atoms with Gasteiger partial charge in [0.1, 0.15) is 19.7 Å². The molecule has 0 aliphatic carbocycles. The van der Waals surface area contributed by atoms with Gasteiger partial charge >= 0.3 is 0 Å². The highest BCUT2D eigenvalue weighted by atomic mass is 28.3. The first-order chi connectivity index (χ1) is 21.8. The van der Waals surface area contributed by atoms with Crippen molar-refractivity contribution < 1.29 is 19.4 Å². The van der Waals surface area contributed by atoms with Gasteiger partial charge in [-0.15, -0.1) is 0 Å². The second-order valence-corrected chi connectivity index (χ2v) is 25.8. The Morgan fingerprint density at radius 2 is 1.20 bits per heavy atom. The van der Waals surface area contributed by atoms with Crippen LogP contribution in [0, 0.1) is 0 Å². The number of aliphatic hydroxyl groups excluding tert-OH is 1. The first-order valence-corrected chi connectivity index (χ1v) is 24.1. The molecule has 0 bridgehead atoms. The molecule has 46 heavy (non-hydrogen) atoms. The summed E-state index contributed by atoms with van der Waals surface area (Å²) in [5.74, 6) is 1.02. The van der Waals surface area contributed by atoms with Crippen LogP contribution in [0.1, 0.15) is 37.1 Å². The van der Waals surface area contributed by atoms with E-state index >= 15 is 0 Å². The van der Waals surface area contributed by atoms with E-state index in [0.29, 0.717) is 50.5 Å². The Hall–Kier alpha value is -2.66. The predicted octanol–water partition coefficient (Wildman–Crippen LogP) is 3.59. The Balaban J connectivity index is 0.000000250. The molecule has 2 aromatic rings. The third-order valence-corrected chi connectivity index (χ3v) is 11.3. The number of nitrogens with zero attached hydrogens (tertiary/aromatic N) is 6. The molecule has 12 nitrogen and oxygen atoms in total. The van der Waals surface area contributed by atoms with E-state index in [4.69, 9.17) is 14.6 Å². The Morgan fingerprint density at radius 3 is 1.54 bits per heavy atom. The van der Waals surface area contributed by atoms with Crippen LogP contribution >= 0.6 is 0 Å².